The zero-order chi connectivity index (χ0) is 16.9. The standard InChI is InChI=1S/C18H17F2NO2S/c19-18(20)23-14-8-6-13(7-9-14)12-17(22)21-10-3-11-24-16-5-2-1-4-15(16)21/h1-2,4-9,18H,3,10-12H2. The third-order valence-corrected chi connectivity index (χ3v) is 4.89. The van der Waals surface area contributed by atoms with Gasteiger partial charge in [0.2, 0.25) is 5.91 Å². The first-order chi connectivity index (χ1) is 11.6. The van der Waals surface area contributed by atoms with Crippen molar-refractivity contribution < 1.29 is 18.3 Å². The van der Waals surface area contributed by atoms with Crippen molar-refractivity contribution in [1.29, 1.82) is 0 Å². The number of hydrogen-bond acceptors (Lipinski definition) is 3. The van der Waals surface area contributed by atoms with Crippen molar-refractivity contribution >= 4 is 23.4 Å². The third-order valence-electron chi connectivity index (χ3n) is 3.74. The van der Waals surface area contributed by atoms with Crippen LogP contribution in [0.2, 0.25) is 0 Å². The molecule has 6 heteroatoms. The number of fused-ring (bicyclic) bond motifs is 1. The molecule has 1 heterocycles. The normalized spacial score (nSPS) is 14.2. The number of rotatable bonds is 4. The molecule has 0 fully saturated rings. The van der Waals surface area contributed by atoms with E-state index in [2.05, 4.69) is 4.74 Å². The quantitative estimate of drug-likeness (QED) is 0.821. The van der Waals surface area contributed by atoms with E-state index in [-0.39, 0.29) is 18.1 Å². The molecule has 126 valence electrons. The van der Waals surface area contributed by atoms with Crippen LogP contribution in [0.5, 0.6) is 5.75 Å². The number of carbonyl (C=O) groups is 1. The highest BCUT2D eigenvalue weighted by Crippen LogP contribution is 2.33. The summed E-state index contributed by atoms with van der Waals surface area (Å²) in [5.41, 5.74) is 1.72. The number of anilines is 1. The summed E-state index contributed by atoms with van der Waals surface area (Å²) in [5.74, 6) is 1.09. The molecule has 0 atom stereocenters. The second-order valence-electron chi connectivity index (χ2n) is 5.41. The smallest absolute Gasteiger partial charge is 0.387 e. The summed E-state index contributed by atoms with van der Waals surface area (Å²) in [5, 5.41) is 0. The predicted molar refractivity (Wildman–Crippen MR) is 90.9 cm³/mol. The van der Waals surface area contributed by atoms with Crippen LogP contribution in [-0.4, -0.2) is 24.8 Å². The van der Waals surface area contributed by atoms with Crippen LogP contribution in [0.4, 0.5) is 14.5 Å². The summed E-state index contributed by atoms with van der Waals surface area (Å²) >= 11 is 1.76. The van der Waals surface area contributed by atoms with E-state index in [1.165, 1.54) is 12.1 Å². The molecule has 0 aromatic heterocycles. The van der Waals surface area contributed by atoms with E-state index in [1.807, 2.05) is 29.2 Å². The van der Waals surface area contributed by atoms with Crippen LogP contribution >= 0.6 is 11.8 Å². The van der Waals surface area contributed by atoms with Gasteiger partial charge in [0.1, 0.15) is 5.75 Å². The molecule has 2 aromatic carbocycles. The summed E-state index contributed by atoms with van der Waals surface area (Å²) < 4.78 is 28.7. The van der Waals surface area contributed by atoms with Gasteiger partial charge in [-0.2, -0.15) is 8.78 Å². The molecule has 1 amide bonds. The average molecular weight is 349 g/mol. The molecule has 0 radical (unpaired) electrons. The van der Waals surface area contributed by atoms with Crippen molar-refractivity contribution in [2.45, 2.75) is 24.3 Å². The molecule has 2 aromatic rings. The maximum Gasteiger partial charge on any atom is 0.387 e. The van der Waals surface area contributed by atoms with Crippen LogP contribution < -0.4 is 9.64 Å². The van der Waals surface area contributed by atoms with Crippen molar-refractivity contribution in [2.24, 2.45) is 0 Å². The fourth-order valence-electron chi connectivity index (χ4n) is 2.65. The van der Waals surface area contributed by atoms with Crippen molar-refractivity contribution in [3.63, 3.8) is 0 Å². The first kappa shape index (κ1) is 16.8. The Morgan fingerprint density at radius 2 is 1.92 bits per heavy atom. The lowest BCUT2D eigenvalue weighted by molar-refractivity contribution is -0.118. The minimum atomic E-state index is -2.84. The molecule has 3 rings (SSSR count). The van der Waals surface area contributed by atoms with Crippen LogP contribution in [0, 0.1) is 0 Å². The number of thioether (sulfide) groups is 1. The van der Waals surface area contributed by atoms with Crippen LogP contribution in [0.15, 0.2) is 53.4 Å². The van der Waals surface area contributed by atoms with Gasteiger partial charge in [-0.3, -0.25) is 4.79 Å². The van der Waals surface area contributed by atoms with E-state index in [4.69, 9.17) is 0 Å². The number of amides is 1. The van der Waals surface area contributed by atoms with E-state index in [0.29, 0.717) is 6.54 Å². The largest absolute Gasteiger partial charge is 0.435 e. The van der Waals surface area contributed by atoms with Gasteiger partial charge in [-0.25, -0.2) is 0 Å². The number of benzene rings is 2. The molecule has 0 bridgehead atoms. The highest BCUT2D eigenvalue weighted by Gasteiger charge is 2.21. The zero-order valence-corrected chi connectivity index (χ0v) is 13.8. The van der Waals surface area contributed by atoms with Gasteiger partial charge < -0.3 is 9.64 Å². The highest BCUT2D eigenvalue weighted by molar-refractivity contribution is 7.99. The lowest BCUT2D eigenvalue weighted by Gasteiger charge is -2.22. The van der Waals surface area contributed by atoms with Gasteiger partial charge in [-0.15, -0.1) is 11.8 Å². The maximum absolute atomic E-state index is 12.7. The Bertz CT molecular complexity index is 706. The minimum Gasteiger partial charge on any atom is -0.435 e. The Hall–Kier alpha value is -2.08. The molecule has 3 nitrogen and oxygen atoms in total. The number of nitrogens with zero attached hydrogens (tertiary/aromatic N) is 1. The summed E-state index contributed by atoms with van der Waals surface area (Å²) in [6.07, 6.45) is 1.17. The fourth-order valence-corrected chi connectivity index (χ4v) is 3.64. The Labute approximate surface area is 143 Å². The molecule has 0 unspecified atom stereocenters. The van der Waals surface area contributed by atoms with Crippen molar-refractivity contribution in [3.05, 3.63) is 54.1 Å². The zero-order valence-electron chi connectivity index (χ0n) is 13.0. The van der Waals surface area contributed by atoms with Crippen molar-refractivity contribution in [1.82, 2.24) is 0 Å². The SMILES string of the molecule is O=C(Cc1ccc(OC(F)F)cc1)N1CCCSc2ccccc21. The van der Waals surface area contributed by atoms with Crippen molar-refractivity contribution in [2.75, 3.05) is 17.2 Å². The van der Waals surface area contributed by atoms with E-state index < -0.39 is 6.61 Å². The van der Waals surface area contributed by atoms with Gasteiger partial charge in [0.05, 0.1) is 12.1 Å². The van der Waals surface area contributed by atoms with Crippen LogP contribution in [0.1, 0.15) is 12.0 Å². The number of hydrogen-bond donors (Lipinski definition) is 0. The van der Waals surface area contributed by atoms with E-state index >= 15 is 0 Å². The number of alkyl halides is 2. The lowest BCUT2D eigenvalue weighted by Crippen LogP contribution is -2.33. The second-order valence-corrected chi connectivity index (χ2v) is 6.55. The first-order valence-electron chi connectivity index (χ1n) is 7.69. The van der Waals surface area contributed by atoms with Crippen molar-refractivity contribution in [3.8, 4) is 5.75 Å². The topological polar surface area (TPSA) is 29.5 Å². The molecular formula is C18H17F2NO2S. The number of carbonyl (C=O) groups excluding carboxylic acids is 1. The molecule has 24 heavy (non-hydrogen) atoms. The maximum atomic E-state index is 12.7. The molecule has 0 N–H and O–H groups in total. The molecular weight excluding hydrogens is 332 g/mol. The Kier molecular flexibility index (Phi) is 5.35. The van der Waals surface area contributed by atoms with Crippen LogP contribution in [0.3, 0.4) is 0 Å². The fraction of sp³-hybridized carbons (Fsp3) is 0.278. The monoisotopic (exact) mass is 349 g/mol. The number of halogens is 2. The van der Waals surface area contributed by atoms with E-state index in [9.17, 15) is 13.6 Å². The molecule has 1 aliphatic rings. The Morgan fingerprint density at radius 3 is 2.67 bits per heavy atom. The summed E-state index contributed by atoms with van der Waals surface area (Å²) in [4.78, 5) is 15.6. The van der Waals surface area contributed by atoms with Gasteiger partial charge in [0, 0.05) is 11.4 Å². The highest BCUT2D eigenvalue weighted by atomic mass is 32.2. The van der Waals surface area contributed by atoms with Gasteiger partial charge in [-0.1, -0.05) is 24.3 Å². The predicted octanol–water partition coefficient (Wildman–Crippen LogP) is 4.36. The van der Waals surface area contributed by atoms with E-state index in [0.717, 1.165) is 28.3 Å². The second kappa shape index (κ2) is 7.66. The Morgan fingerprint density at radius 1 is 1.17 bits per heavy atom. The molecule has 0 saturated heterocycles. The summed E-state index contributed by atoms with van der Waals surface area (Å²) in [6.45, 7) is -2.15. The molecule has 0 aliphatic carbocycles. The molecule has 1 aliphatic heterocycles. The summed E-state index contributed by atoms with van der Waals surface area (Å²) in [6, 6.07) is 14.1. The molecule has 0 saturated carbocycles. The number of para-hydroxylation sites is 1. The van der Waals surface area contributed by atoms with Gasteiger partial charge in [0.15, 0.2) is 0 Å². The van der Waals surface area contributed by atoms with Gasteiger partial charge in [0.25, 0.3) is 0 Å². The summed E-state index contributed by atoms with van der Waals surface area (Å²) in [7, 11) is 0. The first-order valence-corrected chi connectivity index (χ1v) is 8.68. The minimum absolute atomic E-state index is 0.00692. The van der Waals surface area contributed by atoms with Gasteiger partial charge in [-0.05, 0) is 42.0 Å². The number of ether oxygens (including phenoxy) is 1. The lowest BCUT2D eigenvalue weighted by atomic mass is 10.1. The average Bonchev–Trinajstić information content (AvgIpc) is 2.78. The van der Waals surface area contributed by atoms with Gasteiger partial charge >= 0.3 is 6.61 Å². The van der Waals surface area contributed by atoms with Crippen LogP contribution in [-0.2, 0) is 11.2 Å². The van der Waals surface area contributed by atoms with E-state index in [1.54, 1.807) is 23.9 Å². The third kappa shape index (κ3) is 4.06. The Balaban J connectivity index is 1.73. The molecule has 0 spiro atoms. The van der Waals surface area contributed by atoms with Crippen LogP contribution in [0.25, 0.3) is 0 Å².